The second kappa shape index (κ2) is 10.00. The molecular weight excluding hydrogens is 338 g/mol. The summed E-state index contributed by atoms with van der Waals surface area (Å²) in [6, 6.07) is 7.22. The van der Waals surface area contributed by atoms with Crippen molar-refractivity contribution in [3.8, 4) is 0 Å². The molecule has 1 saturated carbocycles. The van der Waals surface area contributed by atoms with Crippen LogP contribution in [0.5, 0.6) is 0 Å². The Bertz CT molecular complexity index is 640. The molecule has 1 aromatic carbocycles. The Balaban J connectivity index is 1.47. The summed E-state index contributed by atoms with van der Waals surface area (Å²) < 4.78 is 0. The van der Waals surface area contributed by atoms with E-state index in [-0.39, 0.29) is 11.7 Å². The van der Waals surface area contributed by atoms with Gasteiger partial charge in [-0.05, 0) is 57.3 Å². The molecule has 0 radical (unpaired) electrons. The van der Waals surface area contributed by atoms with Gasteiger partial charge in [-0.3, -0.25) is 14.5 Å². The van der Waals surface area contributed by atoms with E-state index in [0.29, 0.717) is 17.8 Å². The average Bonchev–Trinajstić information content (AvgIpc) is 2.88. The maximum Gasteiger partial charge on any atom is 0.238 e. The minimum Gasteiger partial charge on any atom is -0.324 e. The Hall–Kier alpha value is -1.72. The molecule has 148 valence electrons. The molecule has 5 heteroatoms. The number of rotatable bonds is 6. The molecule has 1 amide bonds. The molecule has 0 spiro atoms. The number of anilines is 1. The molecule has 1 saturated heterocycles. The number of para-hydroxylation sites is 1. The smallest absolute Gasteiger partial charge is 0.238 e. The zero-order chi connectivity index (χ0) is 19.1. The maximum absolute atomic E-state index is 12.5. The molecule has 0 atom stereocenters. The summed E-state index contributed by atoms with van der Waals surface area (Å²) in [6.07, 6.45) is 8.09. The summed E-state index contributed by atoms with van der Waals surface area (Å²) in [5, 5.41) is 2.92. The summed E-state index contributed by atoms with van der Waals surface area (Å²) >= 11 is 0. The summed E-state index contributed by atoms with van der Waals surface area (Å²) in [5.74, 6) is 0.806. The summed E-state index contributed by atoms with van der Waals surface area (Å²) in [5.41, 5.74) is 1.18. The quantitative estimate of drug-likeness (QED) is 0.779. The lowest BCUT2D eigenvalue weighted by Crippen LogP contribution is -2.37. The van der Waals surface area contributed by atoms with Crippen LogP contribution in [0.4, 0.5) is 5.69 Å². The highest BCUT2D eigenvalue weighted by molar-refractivity contribution is 6.04. The number of benzene rings is 1. The van der Waals surface area contributed by atoms with Gasteiger partial charge in [-0.25, -0.2) is 0 Å². The molecule has 5 nitrogen and oxygen atoms in total. The van der Waals surface area contributed by atoms with Crippen LogP contribution >= 0.6 is 0 Å². The Morgan fingerprint density at radius 2 is 1.67 bits per heavy atom. The van der Waals surface area contributed by atoms with Gasteiger partial charge in [-0.2, -0.15) is 0 Å². The fourth-order valence-electron chi connectivity index (χ4n) is 4.39. The number of ketones is 1. The predicted molar refractivity (Wildman–Crippen MR) is 109 cm³/mol. The maximum atomic E-state index is 12.5. The van der Waals surface area contributed by atoms with Gasteiger partial charge in [-0.15, -0.1) is 0 Å². The first-order valence-corrected chi connectivity index (χ1v) is 10.5. The molecule has 1 aliphatic carbocycles. The molecule has 2 aliphatic rings. The third-order valence-corrected chi connectivity index (χ3v) is 5.87. The number of hydrogen-bond acceptors (Lipinski definition) is 4. The number of nitrogens with one attached hydrogen (secondary N) is 1. The van der Waals surface area contributed by atoms with E-state index in [0.717, 1.165) is 38.5 Å². The van der Waals surface area contributed by atoms with Crippen molar-refractivity contribution in [2.75, 3.05) is 44.6 Å². The van der Waals surface area contributed by atoms with Gasteiger partial charge >= 0.3 is 0 Å². The third kappa shape index (κ3) is 6.15. The first kappa shape index (κ1) is 20.0. The molecule has 1 N–H and O–H groups in total. The van der Waals surface area contributed by atoms with Crippen molar-refractivity contribution in [2.45, 2.75) is 45.4 Å². The largest absolute Gasteiger partial charge is 0.324 e. The highest BCUT2D eigenvalue weighted by Crippen LogP contribution is 2.24. The molecule has 27 heavy (non-hydrogen) atoms. The second-order valence-corrected chi connectivity index (χ2v) is 8.08. The van der Waals surface area contributed by atoms with Crippen LogP contribution in [0.3, 0.4) is 0 Å². The molecular formula is C22H33N3O2. The lowest BCUT2D eigenvalue weighted by atomic mass is 9.89. The van der Waals surface area contributed by atoms with Crippen molar-refractivity contribution in [1.29, 1.82) is 0 Å². The number of hydrogen-bond donors (Lipinski definition) is 1. The standard InChI is InChI=1S/C22H33N3O2/c1-18(26)20-10-5-6-11-21(20)23-22(27)17-25-13-7-12-24(14-15-25)16-19-8-3-2-4-9-19/h5-6,10-11,19H,2-4,7-9,12-17H2,1H3,(H,23,27). The highest BCUT2D eigenvalue weighted by atomic mass is 16.2. The molecule has 1 aliphatic heterocycles. The second-order valence-electron chi connectivity index (χ2n) is 8.08. The SMILES string of the molecule is CC(=O)c1ccccc1NC(=O)CN1CCCN(CC2CCCCC2)CC1. The van der Waals surface area contributed by atoms with E-state index in [1.165, 1.54) is 45.6 Å². The van der Waals surface area contributed by atoms with E-state index in [1.807, 2.05) is 12.1 Å². The summed E-state index contributed by atoms with van der Waals surface area (Å²) in [4.78, 5) is 29.0. The third-order valence-electron chi connectivity index (χ3n) is 5.87. The van der Waals surface area contributed by atoms with Crippen molar-refractivity contribution < 1.29 is 9.59 Å². The van der Waals surface area contributed by atoms with Crippen LogP contribution in [0.2, 0.25) is 0 Å². The predicted octanol–water partition coefficient (Wildman–Crippen LogP) is 3.42. The number of carbonyl (C=O) groups excluding carboxylic acids is 2. The van der Waals surface area contributed by atoms with Gasteiger partial charge in [0.2, 0.25) is 5.91 Å². The zero-order valence-corrected chi connectivity index (χ0v) is 16.6. The van der Waals surface area contributed by atoms with Crippen molar-refractivity contribution in [3.63, 3.8) is 0 Å². The molecule has 0 bridgehead atoms. The lowest BCUT2D eigenvalue weighted by molar-refractivity contribution is -0.117. The number of amides is 1. The molecule has 0 aromatic heterocycles. The summed E-state index contributed by atoms with van der Waals surface area (Å²) in [6.45, 7) is 7.24. The van der Waals surface area contributed by atoms with Gasteiger partial charge in [0.15, 0.2) is 5.78 Å². The average molecular weight is 372 g/mol. The van der Waals surface area contributed by atoms with Crippen LogP contribution in [0.15, 0.2) is 24.3 Å². The molecule has 2 fully saturated rings. The van der Waals surface area contributed by atoms with Crippen LogP contribution in [0.1, 0.15) is 55.8 Å². The topological polar surface area (TPSA) is 52.7 Å². The van der Waals surface area contributed by atoms with Crippen LogP contribution in [-0.2, 0) is 4.79 Å². The highest BCUT2D eigenvalue weighted by Gasteiger charge is 2.21. The van der Waals surface area contributed by atoms with Gasteiger partial charge in [0.05, 0.1) is 12.2 Å². The van der Waals surface area contributed by atoms with Crippen molar-refractivity contribution in [1.82, 2.24) is 9.80 Å². The van der Waals surface area contributed by atoms with E-state index in [1.54, 1.807) is 12.1 Å². The Kier molecular flexibility index (Phi) is 7.41. The number of Topliss-reactive ketones (excluding diaryl/α,β-unsaturated/α-hetero) is 1. The minimum atomic E-state index is -0.0376. The van der Waals surface area contributed by atoms with E-state index in [2.05, 4.69) is 15.1 Å². The molecule has 1 heterocycles. The van der Waals surface area contributed by atoms with E-state index < -0.39 is 0 Å². The molecule has 1 aromatic rings. The fourth-order valence-corrected chi connectivity index (χ4v) is 4.39. The molecule has 0 unspecified atom stereocenters. The number of nitrogens with zero attached hydrogens (tertiary/aromatic N) is 2. The normalized spacial score (nSPS) is 20.2. The molecule has 3 rings (SSSR count). The van der Waals surface area contributed by atoms with Gasteiger partial charge in [0.25, 0.3) is 0 Å². The van der Waals surface area contributed by atoms with Gasteiger partial charge < -0.3 is 10.2 Å². The van der Waals surface area contributed by atoms with Crippen LogP contribution in [0, 0.1) is 5.92 Å². The van der Waals surface area contributed by atoms with Crippen LogP contribution in [0.25, 0.3) is 0 Å². The first-order valence-electron chi connectivity index (χ1n) is 10.5. The minimum absolute atomic E-state index is 0.0287. The van der Waals surface area contributed by atoms with E-state index in [9.17, 15) is 9.59 Å². The Morgan fingerprint density at radius 3 is 2.44 bits per heavy atom. The van der Waals surface area contributed by atoms with Crippen LogP contribution in [-0.4, -0.2) is 60.8 Å². The first-order chi connectivity index (χ1) is 13.1. The zero-order valence-electron chi connectivity index (χ0n) is 16.6. The fraction of sp³-hybridized carbons (Fsp3) is 0.636. The van der Waals surface area contributed by atoms with Gasteiger partial charge in [-0.1, -0.05) is 31.4 Å². The van der Waals surface area contributed by atoms with Crippen molar-refractivity contribution in [3.05, 3.63) is 29.8 Å². The van der Waals surface area contributed by atoms with E-state index >= 15 is 0 Å². The monoisotopic (exact) mass is 371 g/mol. The lowest BCUT2D eigenvalue weighted by Gasteiger charge is -2.28. The van der Waals surface area contributed by atoms with E-state index in [4.69, 9.17) is 0 Å². The Labute approximate surface area is 163 Å². The van der Waals surface area contributed by atoms with Crippen molar-refractivity contribution >= 4 is 17.4 Å². The van der Waals surface area contributed by atoms with Gasteiger partial charge in [0.1, 0.15) is 0 Å². The summed E-state index contributed by atoms with van der Waals surface area (Å²) in [7, 11) is 0. The number of carbonyl (C=O) groups is 2. The Morgan fingerprint density at radius 1 is 0.963 bits per heavy atom. The van der Waals surface area contributed by atoms with Gasteiger partial charge in [0, 0.05) is 25.2 Å². The van der Waals surface area contributed by atoms with Crippen molar-refractivity contribution in [2.24, 2.45) is 5.92 Å². The van der Waals surface area contributed by atoms with Crippen LogP contribution < -0.4 is 5.32 Å².